The van der Waals surface area contributed by atoms with E-state index in [0.29, 0.717) is 16.6 Å². The third kappa shape index (κ3) is 8.98. The lowest BCUT2D eigenvalue weighted by Crippen LogP contribution is -2.44. The Bertz CT molecular complexity index is 1370. The minimum atomic E-state index is -0.763. The van der Waals surface area contributed by atoms with E-state index in [2.05, 4.69) is 22.3 Å². The van der Waals surface area contributed by atoms with Gasteiger partial charge in [0.05, 0.1) is 28.5 Å². The number of rotatable bonds is 13. The Morgan fingerprint density at radius 1 is 0.930 bits per heavy atom. The van der Waals surface area contributed by atoms with Gasteiger partial charge in [0, 0.05) is 17.9 Å². The van der Waals surface area contributed by atoms with Crippen LogP contribution < -0.4 is 10.1 Å². The molecule has 230 valence electrons. The molecule has 0 spiro atoms. The van der Waals surface area contributed by atoms with Crippen molar-refractivity contribution >= 4 is 35.1 Å². The Morgan fingerprint density at radius 2 is 1.65 bits per heavy atom. The molecule has 3 aromatic rings. The molecule has 8 heteroatoms. The van der Waals surface area contributed by atoms with Crippen LogP contribution in [0.3, 0.4) is 0 Å². The van der Waals surface area contributed by atoms with Crippen LogP contribution >= 0.6 is 23.2 Å². The minimum absolute atomic E-state index is 0.0290. The first-order valence-electron chi connectivity index (χ1n) is 15.1. The van der Waals surface area contributed by atoms with Gasteiger partial charge in [-0.15, -0.1) is 0 Å². The summed E-state index contributed by atoms with van der Waals surface area (Å²) in [6, 6.07) is 23.4. The van der Waals surface area contributed by atoms with E-state index in [1.54, 1.807) is 6.07 Å². The van der Waals surface area contributed by atoms with Crippen molar-refractivity contribution in [3.8, 4) is 5.75 Å². The predicted octanol–water partition coefficient (Wildman–Crippen LogP) is 7.68. The number of carbonyl (C=O) groups excluding carboxylic acids is 1. The first kappa shape index (κ1) is 32.8. The minimum Gasteiger partial charge on any atom is -0.491 e. The summed E-state index contributed by atoms with van der Waals surface area (Å²) < 4.78 is 5.82. The molecular formula is C35H42Cl2N2O4. The molecule has 0 bridgehead atoms. The molecule has 43 heavy (non-hydrogen) atoms. The van der Waals surface area contributed by atoms with Crippen molar-refractivity contribution in [2.24, 2.45) is 0 Å². The van der Waals surface area contributed by atoms with Gasteiger partial charge in [-0.25, -0.2) is 0 Å². The highest BCUT2D eigenvalue weighted by Gasteiger charge is 2.38. The van der Waals surface area contributed by atoms with E-state index in [1.807, 2.05) is 75.4 Å². The number of hydrogen-bond donors (Lipinski definition) is 2. The summed E-state index contributed by atoms with van der Waals surface area (Å²) in [6.07, 6.45) is 2.57. The number of ether oxygens (including phenoxy) is 1. The number of nitrogens with zero attached hydrogens (tertiary/aromatic N) is 1. The van der Waals surface area contributed by atoms with E-state index in [9.17, 15) is 14.7 Å². The number of amides is 1. The highest BCUT2D eigenvalue weighted by molar-refractivity contribution is 6.42. The zero-order chi connectivity index (χ0) is 31.0. The van der Waals surface area contributed by atoms with E-state index < -0.39 is 5.97 Å². The monoisotopic (exact) mass is 624 g/mol. The molecule has 0 radical (unpaired) electrons. The van der Waals surface area contributed by atoms with Gasteiger partial charge in [0.15, 0.2) is 0 Å². The van der Waals surface area contributed by atoms with E-state index in [0.717, 1.165) is 61.3 Å². The standard InChI is InChI=1S/C35H42Cl2N2O4/c1-24(2)43-30-11-7-8-26(20-30)25(3)34(42)38-23-28(27-12-13-31(36)32(37)21-27)14-17-39-18-15-35(16-19-39,22-33(40)41)29-9-5-4-6-10-29/h4-13,20-21,24-25,28H,14-19,22-23H2,1-3H3,(H,38,42)(H,40,41). The van der Waals surface area contributed by atoms with Crippen LogP contribution in [-0.4, -0.2) is 54.2 Å². The second-order valence-electron chi connectivity index (χ2n) is 11.9. The molecule has 1 heterocycles. The lowest BCUT2D eigenvalue weighted by molar-refractivity contribution is -0.139. The largest absolute Gasteiger partial charge is 0.491 e. The van der Waals surface area contributed by atoms with Crippen molar-refractivity contribution in [2.75, 3.05) is 26.2 Å². The van der Waals surface area contributed by atoms with Crippen LogP contribution in [0, 0.1) is 0 Å². The first-order chi connectivity index (χ1) is 20.6. The molecule has 3 aromatic carbocycles. The average Bonchev–Trinajstić information content (AvgIpc) is 2.99. The van der Waals surface area contributed by atoms with Gasteiger partial charge in [0.1, 0.15) is 5.75 Å². The van der Waals surface area contributed by atoms with Crippen LogP contribution in [0.2, 0.25) is 10.0 Å². The van der Waals surface area contributed by atoms with Gasteiger partial charge in [0.25, 0.3) is 0 Å². The number of carboxylic acid groups (broad SMARTS) is 1. The van der Waals surface area contributed by atoms with Crippen LogP contribution in [0.4, 0.5) is 0 Å². The topological polar surface area (TPSA) is 78.9 Å². The van der Waals surface area contributed by atoms with Crippen molar-refractivity contribution in [1.29, 1.82) is 0 Å². The maximum Gasteiger partial charge on any atom is 0.304 e. The van der Waals surface area contributed by atoms with Crippen molar-refractivity contribution < 1.29 is 19.4 Å². The summed E-state index contributed by atoms with van der Waals surface area (Å²) in [7, 11) is 0. The molecule has 1 amide bonds. The molecule has 2 N–H and O–H groups in total. The Hall–Kier alpha value is -3.06. The summed E-state index contributed by atoms with van der Waals surface area (Å²) in [5.74, 6) is -0.372. The van der Waals surface area contributed by atoms with Crippen molar-refractivity contribution in [1.82, 2.24) is 10.2 Å². The summed E-state index contributed by atoms with van der Waals surface area (Å²) >= 11 is 12.6. The predicted molar refractivity (Wildman–Crippen MR) is 173 cm³/mol. The van der Waals surface area contributed by atoms with Crippen molar-refractivity contribution in [2.45, 2.75) is 69.8 Å². The number of nitrogens with one attached hydrogen (secondary N) is 1. The lowest BCUT2D eigenvalue weighted by Gasteiger charge is -2.42. The Labute approximate surface area is 265 Å². The summed E-state index contributed by atoms with van der Waals surface area (Å²) in [5, 5.41) is 13.9. The summed E-state index contributed by atoms with van der Waals surface area (Å²) in [5.41, 5.74) is 2.67. The van der Waals surface area contributed by atoms with Gasteiger partial charge >= 0.3 is 5.97 Å². The van der Waals surface area contributed by atoms with Crippen LogP contribution in [0.15, 0.2) is 72.8 Å². The molecule has 0 aliphatic carbocycles. The van der Waals surface area contributed by atoms with Crippen LogP contribution in [-0.2, 0) is 15.0 Å². The fourth-order valence-electron chi connectivity index (χ4n) is 6.00. The maximum absolute atomic E-state index is 13.3. The molecule has 2 unspecified atom stereocenters. The number of benzene rings is 3. The Kier molecular flexibility index (Phi) is 11.5. The number of likely N-dealkylation sites (tertiary alicyclic amines) is 1. The van der Waals surface area contributed by atoms with Crippen molar-refractivity contribution in [3.05, 3.63) is 99.5 Å². The smallest absolute Gasteiger partial charge is 0.304 e. The summed E-state index contributed by atoms with van der Waals surface area (Å²) in [4.78, 5) is 27.5. The van der Waals surface area contributed by atoms with Gasteiger partial charge in [-0.05, 0) is 101 Å². The quantitative estimate of drug-likeness (QED) is 0.204. The lowest BCUT2D eigenvalue weighted by atomic mass is 9.70. The molecule has 4 rings (SSSR count). The van der Waals surface area contributed by atoms with Crippen LogP contribution in [0.1, 0.15) is 75.0 Å². The van der Waals surface area contributed by atoms with Gasteiger partial charge in [-0.2, -0.15) is 0 Å². The van der Waals surface area contributed by atoms with Crippen LogP contribution in [0.25, 0.3) is 0 Å². The average molecular weight is 626 g/mol. The highest BCUT2D eigenvalue weighted by Crippen LogP contribution is 2.39. The van der Waals surface area contributed by atoms with E-state index in [4.69, 9.17) is 27.9 Å². The third-order valence-electron chi connectivity index (χ3n) is 8.54. The molecule has 1 aliphatic rings. The van der Waals surface area contributed by atoms with Crippen LogP contribution in [0.5, 0.6) is 5.75 Å². The zero-order valence-corrected chi connectivity index (χ0v) is 26.7. The fourth-order valence-corrected chi connectivity index (χ4v) is 6.31. The maximum atomic E-state index is 13.3. The zero-order valence-electron chi connectivity index (χ0n) is 25.2. The Balaban J connectivity index is 1.41. The van der Waals surface area contributed by atoms with Gasteiger partial charge < -0.3 is 20.1 Å². The number of piperidine rings is 1. The number of carboxylic acids is 1. The van der Waals surface area contributed by atoms with Crippen molar-refractivity contribution in [3.63, 3.8) is 0 Å². The molecular weight excluding hydrogens is 583 g/mol. The molecule has 0 saturated carbocycles. The summed E-state index contributed by atoms with van der Waals surface area (Å²) in [6.45, 7) is 8.77. The SMILES string of the molecule is CC(C)Oc1cccc(C(C)C(=O)NCC(CCN2CCC(CC(=O)O)(c3ccccc3)CC2)c2ccc(Cl)c(Cl)c2)c1. The van der Waals surface area contributed by atoms with E-state index >= 15 is 0 Å². The fraction of sp³-hybridized carbons (Fsp3) is 0.429. The molecule has 0 aromatic heterocycles. The molecule has 1 saturated heterocycles. The number of aliphatic carboxylic acids is 1. The molecule has 1 aliphatic heterocycles. The van der Waals surface area contributed by atoms with E-state index in [1.165, 1.54) is 0 Å². The Morgan fingerprint density at radius 3 is 2.30 bits per heavy atom. The van der Waals surface area contributed by atoms with Gasteiger partial charge in [-0.3, -0.25) is 9.59 Å². The number of hydrogen-bond acceptors (Lipinski definition) is 4. The third-order valence-corrected chi connectivity index (χ3v) is 9.28. The second-order valence-corrected chi connectivity index (χ2v) is 12.7. The molecule has 1 fully saturated rings. The molecule has 2 atom stereocenters. The normalized spacial score (nSPS) is 16.4. The number of halogens is 2. The molecule has 6 nitrogen and oxygen atoms in total. The second kappa shape index (κ2) is 15.1. The van der Waals surface area contributed by atoms with Gasteiger partial charge in [-0.1, -0.05) is 71.7 Å². The number of carbonyl (C=O) groups is 2. The van der Waals surface area contributed by atoms with E-state index in [-0.39, 0.29) is 35.7 Å². The van der Waals surface area contributed by atoms with Gasteiger partial charge in [0.2, 0.25) is 5.91 Å². The first-order valence-corrected chi connectivity index (χ1v) is 15.8. The highest BCUT2D eigenvalue weighted by atomic mass is 35.5.